The van der Waals surface area contributed by atoms with Gasteiger partial charge >= 0.3 is 5.97 Å². The lowest BCUT2D eigenvalue weighted by Crippen LogP contribution is -2.38. The monoisotopic (exact) mass is 370 g/mol. The number of amides is 2. The summed E-state index contributed by atoms with van der Waals surface area (Å²) in [4.78, 5) is 35.0. The van der Waals surface area contributed by atoms with Gasteiger partial charge in [-0.3, -0.25) is 14.4 Å². The van der Waals surface area contributed by atoms with Crippen molar-refractivity contribution in [2.45, 2.75) is 32.9 Å². The first-order chi connectivity index (χ1) is 12.8. The smallest absolute Gasteiger partial charge is 0.325 e. The summed E-state index contributed by atoms with van der Waals surface area (Å²) in [7, 11) is 0. The van der Waals surface area contributed by atoms with Crippen LogP contribution in [0.3, 0.4) is 0 Å². The number of ether oxygens (including phenoxy) is 1. The molecular formula is C20H22N2O5. The van der Waals surface area contributed by atoms with Gasteiger partial charge in [0.2, 0.25) is 0 Å². The zero-order valence-electron chi connectivity index (χ0n) is 15.4. The molecule has 0 radical (unpaired) electrons. The van der Waals surface area contributed by atoms with Gasteiger partial charge in [0, 0.05) is 11.3 Å². The van der Waals surface area contributed by atoms with Crippen LogP contribution in [-0.2, 0) is 9.59 Å². The van der Waals surface area contributed by atoms with Gasteiger partial charge in [0.1, 0.15) is 11.8 Å². The second kappa shape index (κ2) is 8.84. The topological polar surface area (TPSA) is 105 Å². The van der Waals surface area contributed by atoms with Crippen molar-refractivity contribution in [2.75, 3.05) is 5.32 Å². The Balaban J connectivity index is 1.92. The molecule has 3 N–H and O–H groups in total. The van der Waals surface area contributed by atoms with E-state index in [1.807, 2.05) is 19.1 Å². The van der Waals surface area contributed by atoms with Crippen LogP contribution in [0.2, 0.25) is 0 Å². The van der Waals surface area contributed by atoms with Gasteiger partial charge in [-0.25, -0.2) is 0 Å². The molecule has 2 unspecified atom stereocenters. The van der Waals surface area contributed by atoms with Crippen molar-refractivity contribution < 1.29 is 24.2 Å². The Labute approximate surface area is 157 Å². The van der Waals surface area contributed by atoms with Crippen molar-refractivity contribution in [1.82, 2.24) is 5.32 Å². The average Bonchev–Trinajstić information content (AvgIpc) is 2.63. The van der Waals surface area contributed by atoms with Gasteiger partial charge in [-0.15, -0.1) is 0 Å². The Hall–Kier alpha value is -3.35. The van der Waals surface area contributed by atoms with Crippen LogP contribution in [0.5, 0.6) is 5.75 Å². The van der Waals surface area contributed by atoms with E-state index in [9.17, 15) is 14.4 Å². The molecule has 0 aliphatic carbocycles. The summed E-state index contributed by atoms with van der Waals surface area (Å²) in [5.41, 5.74) is 1.90. The van der Waals surface area contributed by atoms with Gasteiger partial charge in [0.25, 0.3) is 11.8 Å². The van der Waals surface area contributed by atoms with Gasteiger partial charge in [0.15, 0.2) is 6.10 Å². The summed E-state index contributed by atoms with van der Waals surface area (Å²) in [5, 5.41) is 13.9. The predicted molar refractivity (Wildman–Crippen MR) is 101 cm³/mol. The summed E-state index contributed by atoms with van der Waals surface area (Å²) in [6.45, 7) is 4.99. The van der Waals surface area contributed by atoms with Crippen LogP contribution < -0.4 is 15.4 Å². The molecule has 0 spiro atoms. The minimum absolute atomic E-state index is 0.296. The van der Waals surface area contributed by atoms with Crippen LogP contribution >= 0.6 is 0 Å². The maximum Gasteiger partial charge on any atom is 0.325 e. The second-order valence-electron chi connectivity index (χ2n) is 6.17. The molecule has 0 saturated carbocycles. The number of aryl methyl sites for hydroxylation is 1. The van der Waals surface area contributed by atoms with Crippen molar-refractivity contribution in [2.24, 2.45) is 0 Å². The highest BCUT2D eigenvalue weighted by molar-refractivity contribution is 5.98. The minimum atomic E-state index is -1.12. The third-order valence-electron chi connectivity index (χ3n) is 3.84. The number of carbonyl (C=O) groups is 3. The largest absolute Gasteiger partial charge is 0.481 e. The maximum absolute atomic E-state index is 12.2. The fraction of sp³-hybridized carbons (Fsp3) is 0.250. The van der Waals surface area contributed by atoms with Crippen LogP contribution in [0.15, 0.2) is 48.5 Å². The van der Waals surface area contributed by atoms with E-state index in [0.717, 1.165) is 5.56 Å². The second-order valence-corrected chi connectivity index (χ2v) is 6.17. The molecule has 0 aliphatic heterocycles. The van der Waals surface area contributed by atoms with Gasteiger partial charge < -0.3 is 20.5 Å². The number of carbonyl (C=O) groups excluding carboxylic acids is 2. The normalized spacial score (nSPS) is 12.6. The van der Waals surface area contributed by atoms with Crippen LogP contribution in [0, 0.1) is 6.92 Å². The summed E-state index contributed by atoms with van der Waals surface area (Å²) in [6, 6.07) is 12.5. The van der Waals surface area contributed by atoms with Gasteiger partial charge in [-0.1, -0.05) is 17.7 Å². The summed E-state index contributed by atoms with van der Waals surface area (Å²) in [5.74, 6) is -1.34. The predicted octanol–water partition coefficient (Wildman–Crippen LogP) is 2.60. The van der Waals surface area contributed by atoms with Crippen LogP contribution in [0.4, 0.5) is 5.69 Å². The average molecular weight is 370 g/mol. The molecular weight excluding hydrogens is 348 g/mol. The highest BCUT2D eigenvalue weighted by Crippen LogP contribution is 2.15. The zero-order chi connectivity index (χ0) is 20.0. The number of benzene rings is 2. The molecule has 2 rings (SSSR count). The lowest BCUT2D eigenvalue weighted by molar-refractivity contribution is -0.138. The lowest BCUT2D eigenvalue weighted by atomic mass is 10.1. The number of anilines is 1. The van der Waals surface area contributed by atoms with Crippen molar-refractivity contribution >= 4 is 23.5 Å². The van der Waals surface area contributed by atoms with E-state index in [4.69, 9.17) is 9.84 Å². The number of carboxylic acid groups (broad SMARTS) is 1. The molecule has 0 aromatic heterocycles. The van der Waals surface area contributed by atoms with E-state index < -0.39 is 24.0 Å². The molecule has 0 heterocycles. The molecule has 0 aliphatic rings. The molecule has 2 atom stereocenters. The van der Waals surface area contributed by atoms with E-state index >= 15 is 0 Å². The van der Waals surface area contributed by atoms with E-state index in [2.05, 4.69) is 10.6 Å². The Morgan fingerprint density at radius 1 is 0.963 bits per heavy atom. The van der Waals surface area contributed by atoms with Crippen LogP contribution in [0.1, 0.15) is 29.8 Å². The van der Waals surface area contributed by atoms with Crippen molar-refractivity contribution in [3.63, 3.8) is 0 Å². The van der Waals surface area contributed by atoms with Crippen molar-refractivity contribution in [1.29, 1.82) is 0 Å². The zero-order valence-corrected chi connectivity index (χ0v) is 15.4. The first-order valence-corrected chi connectivity index (χ1v) is 8.44. The number of rotatable bonds is 7. The molecule has 142 valence electrons. The Bertz CT molecular complexity index is 815. The fourth-order valence-corrected chi connectivity index (χ4v) is 2.17. The number of nitrogens with one attached hydrogen (secondary N) is 2. The summed E-state index contributed by atoms with van der Waals surface area (Å²) in [6.07, 6.45) is -0.702. The number of aliphatic carboxylic acids is 1. The Morgan fingerprint density at radius 3 is 2.11 bits per heavy atom. The van der Waals surface area contributed by atoms with Crippen molar-refractivity contribution in [3.05, 3.63) is 59.7 Å². The minimum Gasteiger partial charge on any atom is -0.481 e. The summed E-state index contributed by atoms with van der Waals surface area (Å²) < 4.78 is 5.60. The van der Waals surface area contributed by atoms with Crippen LogP contribution in [-0.4, -0.2) is 35.0 Å². The number of hydrogen-bond donors (Lipinski definition) is 3. The fourth-order valence-electron chi connectivity index (χ4n) is 2.17. The van der Waals surface area contributed by atoms with E-state index in [1.54, 1.807) is 31.2 Å². The third kappa shape index (κ3) is 5.85. The number of carboxylic acids is 1. The molecule has 27 heavy (non-hydrogen) atoms. The maximum atomic E-state index is 12.2. The van der Waals surface area contributed by atoms with E-state index in [1.165, 1.54) is 19.1 Å². The van der Waals surface area contributed by atoms with E-state index in [0.29, 0.717) is 17.0 Å². The molecule has 2 aromatic carbocycles. The quantitative estimate of drug-likeness (QED) is 0.695. The summed E-state index contributed by atoms with van der Waals surface area (Å²) >= 11 is 0. The molecule has 7 heteroatoms. The molecule has 7 nitrogen and oxygen atoms in total. The lowest BCUT2D eigenvalue weighted by Gasteiger charge is -2.15. The SMILES string of the molecule is Cc1ccc(OC(C)C(=O)Nc2ccc(C(=O)NC(C)C(=O)O)cc2)cc1. The molecule has 0 fully saturated rings. The number of hydrogen-bond acceptors (Lipinski definition) is 4. The first kappa shape index (κ1) is 20.0. The Kier molecular flexibility index (Phi) is 6.54. The first-order valence-electron chi connectivity index (χ1n) is 8.44. The van der Waals surface area contributed by atoms with Gasteiger partial charge in [0.05, 0.1) is 0 Å². The standard InChI is InChI=1S/C20H22N2O5/c1-12-4-10-17(11-5-12)27-14(3)18(23)22-16-8-6-15(7-9-16)19(24)21-13(2)20(25)26/h4-11,13-14H,1-3H3,(H,21,24)(H,22,23)(H,25,26). The highest BCUT2D eigenvalue weighted by atomic mass is 16.5. The highest BCUT2D eigenvalue weighted by Gasteiger charge is 2.17. The van der Waals surface area contributed by atoms with Gasteiger partial charge in [-0.05, 0) is 57.2 Å². The van der Waals surface area contributed by atoms with Crippen molar-refractivity contribution in [3.8, 4) is 5.75 Å². The third-order valence-corrected chi connectivity index (χ3v) is 3.84. The van der Waals surface area contributed by atoms with E-state index in [-0.39, 0.29) is 5.91 Å². The molecule has 2 amide bonds. The van der Waals surface area contributed by atoms with Crippen LogP contribution in [0.25, 0.3) is 0 Å². The molecule has 0 saturated heterocycles. The molecule has 2 aromatic rings. The Morgan fingerprint density at radius 2 is 1.56 bits per heavy atom. The molecule has 0 bridgehead atoms. The van der Waals surface area contributed by atoms with Gasteiger partial charge in [-0.2, -0.15) is 0 Å².